The van der Waals surface area contributed by atoms with Crippen molar-refractivity contribution >= 4 is 11.3 Å². The van der Waals surface area contributed by atoms with E-state index in [2.05, 4.69) is 17.2 Å². The Labute approximate surface area is 107 Å². The van der Waals surface area contributed by atoms with Gasteiger partial charge in [0.25, 0.3) is 0 Å². The average molecular weight is 254 g/mol. The first kappa shape index (κ1) is 13.0. The fraction of sp³-hybridized carbons (Fsp3) is 0.769. The molecule has 1 aromatic rings. The molecule has 0 atom stereocenters. The fourth-order valence-electron chi connectivity index (χ4n) is 2.63. The Hall–Kier alpha value is -0.450. The molecule has 1 aliphatic rings. The summed E-state index contributed by atoms with van der Waals surface area (Å²) in [5.41, 5.74) is 3.16. The first-order valence-corrected chi connectivity index (χ1v) is 7.34. The highest BCUT2D eigenvalue weighted by atomic mass is 32.1. The summed E-state index contributed by atoms with van der Waals surface area (Å²) < 4.78 is 0. The van der Waals surface area contributed by atoms with E-state index in [1.165, 1.54) is 24.1 Å². The van der Waals surface area contributed by atoms with E-state index in [0.29, 0.717) is 6.61 Å². The van der Waals surface area contributed by atoms with Gasteiger partial charge < -0.3 is 10.4 Å². The van der Waals surface area contributed by atoms with Gasteiger partial charge in [0.05, 0.1) is 11.2 Å². The highest BCUT2D eigenvalue weighted by molar-refractivity contribution is 7.09. The molecule has 0 radical (unpaired) electrons. The topological polar surface area (TPSA) is 45.2 Å². The SMILES string of the molecule is Cc1ncsc1CNCC1(CO)CCCCC1. The van der Waals surface area contributed by atoms with E-state index in [1.807, 2.05) is 5.51 Å². The van der Waals surface area contributed by atoms with Crippen LogP contribution in [0.1, 0.15) is 42.7 Å². The molecule has 0 unspecified atom stereocenters. The van der Waals surface area contributed by atoms with Crippen LogP contribution in [-0.2, 0) is 6.54 Å². The molecule has 0 bridgehead atoms. The highest BCUT2D eigenvalue weighted by Gasteiger charge is 2.30. The average Bonchev–Trinajstić information content (AvgIpc) is 2.76. The summed E-state index contributed by atoms with van der Waals surface area (Å²) >= 11 is 1.71. The maximum Gasteiger partial charge on any atom is 0.0798 e. The Kier molecular flexibility index (Phi) is 4.54. The van der Waals surface area contributed by atoms with Crippen LogP contribution >= 0.6 is 11.3 Å². The van der Waals surface area contributed by atoms with Gasteiger partial charge in [0, 0.05) is 30.0 Å². The predicted octanol–water partition coefficient (Wildman–Crippen LogP) is 2.48. The summed E-state index contributed by atoms with van der Waals surface area (Å²) in [6.45, 7) is 4.19. The molecular weight excluding hydrogens is 232 g/mol. The number of aromatic nitrogens is 1. The Morgan fingerprint density at radius 3 is 2.76 bits per heavy atom. The molecule has 0 aromatic carbocycles. The van der Waals surface area contributed by atoms with Gasteiger partial charge in [-0.3, -0.25) is 0 Å². The lowest BCUT2D eigenvalue weighted by atomic mass is 9.74. The van der Waals surface area contributed by atoms with Crippen molar-refractivity contribution in [3.8, 4) is 0 Å². The van der Waals surface area contributed by atoms with Crippen LogP contribution < -0.4 is 5.32 Å². The zero-order valence-corrected chi connectivity index (χ0v) is 11.4. The van der Waals surface area contributed by atoms with Crippen molar-refractivity contribution in [1.82, 2.24) is 10.3 Å². The van der Waals surface area contributed by atoms with E-state index in [0.717, 1.165) is 31.6 Å². The van der Waals surface area contributed by atoms with Crippen LogP contribution in [-0.4, -0.2) is 23.2 Å². The van der Waals surface area contributed by atoms with Crippen LogP contribution in [0.15, 0.2) is 5.51 Å². The quantitative estimate of drug-likeness (QED) is 0.848. The molecule has 2 rings (SSSR count). The smallest absolute Gasteiger partial charge is 0.0798 e. The summed E-state index contributed by atoms with van der Waals surface area (Å²) in [6.07, 6.45) is 6.19. The van der Waals surface area contributed by atoms with Crippen LogP contribution in [0.5, 0.6) is 0 Å². The molecule has 1 saturated carbocycles. The van der Waals surface area contributed by atoms with Gasteiger partial charge in [-0.15, -0.1) is 11.3 Å². The number of hydrogen-bond donors (Lipinski definition) is 2. The summed E-state index contributed by atoms with van der Waals surface area (Å²) in [5, 5.41) is 13.1. The molecule has 17 heavy (non-hydrogen) atoms. The Balaban J connectivity index is 1.82. The fourth-order valence-corrected chi connectivity index (χ4v) is 3.38. The van der Waals surface area contributed by atoms with Gasteiger partial charge in [0.15, 0.2) is 0 Å². The van der Waals surface area contributed by atoms with E-state index >= 15 is 0 Å². The molecule has 3 nitrogen and oxygen atoms in total. The second kappa shape index (κ2) is 5.94. The molecule has 96 valence electrons. The third-order valence-electron chi connectivity index (χ3n) is 3.88. The van der Waals surface area contributed by atoms with Gasteiger partial charge in [0.2, 0.25) is 0 Å². The normalized spacial score (nSPS) is 19.4. The van der Waals surface area contributed by atoms with Crippen LogP contribution in [0, 0.1) is 12.3 Å². The van der Waals surface area contributed by atoms with E-state index in [-0.39, 0.29) is 5.41 Å². The predicted molar refractivity (Wildman–Crippen MR) is 71.2 cm³/mol. The van der Waals surface area contributed by atoms with Crippen molar-refractivity contribution in [2.24, 2.45) is 5.41 Å². The third-order valence-corrected chi connectivity index (χ3v) is 4.82. The minimum Gasteiger partial charge on any atom is -0.396 e. The van der Waals surface area contributed by atoms with Crippen LogP contribution in [0.4, 0.5) is 0 Å². The van der Waals surface area contributed by atoms with Gasteiger partial charge in [-0.05, 0) is 19.8 Å². The lowest BCUT2D eigenvalue weighted by molar-refractivity contribution is 0.0811. The molecule has 0 aliphatic heterocycles. The lowest BCUT2D eigenvalue weighted by Crippen LogP contribution is -2.38. The number of thiazole rings is 1. The van der Waals surface area contributed by atoms with Gasteiger partial charge in [-0.25, -0.2) is 4.98 Å². The number of hydrogen-bond acceptors (Lipinski definition) is 4. The van der Waals surface area contributed by atoms with Crippen molar-refractivity contribution in [3.05, 3.63) is 16.1 Å². The summed E-state index contributed by atoms with van der Waals surface area (Å²) in [6, 6.07) is 0. The van der Waals surface area contributed by atoms with Crippen molar-refractivity contribution in [2.45, 2.75) is 45.6 Å². The second-order valence-electron chi connectivity index (χ2n) is 5.18. The first-order chi connectivity index (χ1) is 8.26. The molecule has 0 spiro atoms. The monoisotopic (exact) mass is 254 g/mol. The van der Waals surface area contributed by atoms with E-state index in [9.17, 15) is 5.11 Å². The van der Waals surface area contributed by atoms with Crippen molar-refractivity contribution in [2.75, 3.05) is 13.2 Å². The van der Waals surface area contributed by atoms with Gasteiger partial charge in [0.1, 0.15) is 0 Å². The van der Waals surface area contributed by atoms with E-state index in [4.69, 9.17) is 0 Å². The number of nitrogens with zero attached hydrogens (tertiary/aromatic N) is 1. The van der Waals surface area contributed by atoms with Gasteiger partial charge in [-0.2, -0.15) is 0 Å². The summed E-state index contributed by atoms with van der Waals surface area (Å²) in [4.78, 5) is 5.56. The largest absolute Gasteiger partial charge is 0.396 e. The Morgan fingerprint density at radius 2 is 2.18 bits per heavy atom. The van der Waals surface area contributed by atoms with Crippen LogP contribution in [0.25, 0.3) is 0 Å². The van der Waals surface area contributed by atoms with Crippen molar-refractivity contribution in [3.63, 3.8) is 0 Å². The molecule has 1 fully saturated rings. The molecule has 2 N–H and O–H groups in total. The highest BCUT2D eigenvalue weighted by Crippen LogP contribution is 2.35. The first-order valence-electron chi connectivity index (χ1n) is 6.46. The maximum absolute atomic E-state index is 9.60. The number of rotatable bonds is 5. The molecule has 4 heteroatoms. The van der Waals surface area contributed by atoms with Crippen LogP contribution in [0.2, 0.25) is 0 Å². The molecule has 0 amide bonds. The molecular formula is C13H22N2OS. The summed E-state index contributed by atoms with van der Waals surface area (Å²) in [7, 11) is 0. The number of nitrogens with one attached hydrogen (secondary N) is 1. The molecule has 1 aromatic heterocycles. The van der Waals surface area contributed by atoms with Crippen molar-refractivity contribution in [1.29, 1.82) is 0 Å². The standard InChI is InChI=1S/C13H22N2OS/c1-11-12(17-10-15-11)7-14-8-13(9-16)5-3-2-4-6-13/h10,14,16H,2-9H2,1H3. The van der Waals surface area contributed by atoms with Gasteiger partial charge >= 0.3 is 0 Å². The number of aliphatic hydroxyl groups is 1. The maximum atomic E-state index is 9.60. The number of aliphatic hydroxyl groups excluding tert-OH is 1. The summed E-state index contributed by atoms with van der Waals surface area (Å²) in [5.74, 6) is 0. The lowest BCUT2D eigenvalue weighted by Gasteiger charge is -2.35. The van der Waals surface area contributed by atoms with E-state index in [1.54, 1.807) is 11.3 Å². The molecule has 1 heterocycles. The van der Waals surface area contributed by atoms with Crippen molar-refractivity contribution < 1.29 is 5.11 Å². The second-order valence-corrected chi connectivity index (χ2v) is 6.12. The third kappa shape index (κ3) is 3.27. The van der Waals surface area contributed by atoms with E-state index < -0.39 is 0 Å². The minimum atomic E-state index is 0.136. The Bertz CT molecular complexity index is 345. The molecule has 1 aliphatic carbocycles. The zero-order chi connectivity index (χ0) is 12.1. The van der Waals surface area contributed by atoms with Gasteiger partial charge in [-0.1, -0.05) is 19.3 Å². The zero-order valence-electron chi connectivity index (χ0n) is 10.5. The number of aryl methyl sites for hydroxylation is 1. The van der Waals surface area contributed by atoms with Crippen LogP contribution in [0.3, 0.4) is 0 Å². The minimum absolute atomic E-state index is 0.136. The Morgan fingerprint density at radius 1 is 1.41 bits per heavy atom. The molecule has 0 saturated heterocycles.